The molecule has 1 aliphatic rings. The average molecular weight is 246 g/mol. The fourth-order valence-electron chi connectivity index (χ4n) is 1.81. The molecule has 16 heavy (non-hydrogen) atoms. The van der Waals surface area contributed by atoms with Crippen molar-refractivity contribution in [1.29, 1.82) is 0 Å². The van der Waals surface area contributed by atoms with E-state index in [1.54, 1.807) is 0 Å². The van der Waals surface area contributed by atoms with Gasteiger partial charge in [0.25, 0.3) is 0 Å². The van der Waals surface area contributed by atoms with Crippen molar-refractivity contribution >= 4 is 11.6 Å². The number of ether oxygens (including phenoxy) is 2. The third kappa shape index (κ3) is 2.14. The lowest BCUT2D eigenvalue weighted by atomic mass is 10.1. The van der Waals surface area contributed by atoms with E-state index in [-0.39, 0.29) is 11.9 Å². The van der Waals surface area contributed by atoms with Crippen LogP contribution in [0.5, 0.6) is 5.75 Å². The molecule has 0 aromatic heterocycles. The molecule has 0 saturated carbocycles. The molecule has 1 atom stereocenters. The monoisotopic (exact) mass is 245 g/mol. The maximum atomic E-state index is 13.5. The molecule has 3 nitrogen and oxygen atoms in total. The lowest BCUT2D eigenvalue weighted by molar-refractivity contribution is 0.0260. The van der Waals surface area contributed by atoms with Crippen molar-refractivity contribution in [3.8, 4) is 5.75 Å². The van der Waals surface area contributed by atoms with E-state index in [1.165, 1.54) is 19.2 Å². The maximum Gasteiger partial charge on any atom is 0.165 e. The van der Waals surface area contributed by atoms with Crippen molar-refractivity contribution in [3.63, 3.8) is 0 Å². The van der Waals surface area contributed by atoms with E-state index in [0.717, 1.165) is 6.54 Å². The van der Waals surface area contributed by atoms with Crippen LogP contribution in [0.2, 0.25) is 5.02 Å². The number of methoxy groups -OCH3 is 1. The summed E-state index contributed by atoms with van der Waals surface area (Å²) < 4.78 is 24.1. The molecule has 1 N–H and O–H groups in total. The fourth-order valence-corrected chi connectivity index (χ4v) is 2.08. The van der Waals surface area contributed by atoms with Crippen LogP contribution in [-0.4, -0.2) is 26.8 Å². The summed E-state index contributed by atoms with van der Waals surface area (Å²) in [5.41, 5.74) is 0.580. The summed E-state index contributed by atoms with van der Waals surface area (Å²) >= 11 is 6.06. The van der Waals surface area contributed by atoms with Gasteiger partial charge in [0.05, 0.1) is 18.7 Å². The smallest absolute Gasteiger partial charge is 0.165 e. The Kier molecular flexibility index (Phi) is 3.63. The zero-order valence-corrected chi connectivity index (χ0v) is 9.68. The molecule has 1 aromatic carbocycles. The van der Waals surface area contributed by atoms with E-state index < -0.39 is 5.82 Å². The Hall–Kier alpha value is -0.840. The SMILES string of the molecule is COc1c(F)ccc(Cl)c1C1CNCCO1. The van der Waals surface area contributed by atoms with Crippen LogP contribution >= 0.6 is 11.6 Å². The highest BCUT2D eigenvalue weighted by molar-refractivity contribution is 6.31. The second-order valence-corrected chi connectivity index (χ2v) is 3.95. The van der Waals surface area contributed by atoms with Gasteiger partial charge in [-0.2, -0.15) is 0 Å². The summed E-state index contributed by atoms with van der Waals surface area (Å²) in [6, 6.07) is 2.81. The molecule has 88 valence electrons. The largest absolute Gasteiger partial charge is 0.493 e. The van der Waals surface area contributed by atoms with Crippen LogP contribution in [0.1, 0.15) is 11.7 Å². The average Bonchev–Trinajstić information content (AvgIpc) is 2.33. The minimum absolute atomic E-state index is 0.168. The predicted molar refractivity (Wildman–Crippen MR) is 59.5 cm³/mol. The molecular weight excluding hydrogens is 233 g/mol. The van der Waals surface area contributed by atoms with Gasteiger partial charge in [0.15, 0.2) is 11.6 Å². The third-order valence-electron chi connectivity index (χ3n) is 2.55. The molecule has 1 fully saturated rings. The van der Waals surface area contributed by atoms with Gasteiger partial charge in [0.2, 0.25) is 0 Å². The van der Waals surface area contributed by atoms with Gasteiger partial charge in [0.1, 0.15) is 6.10 Å². The van der Waals surface area contributed by atoms with E-state index in [9.17, 15) is 4.39 Å². The minimum Gasteiger partial charge on any atom is -0.493 e. The zero-order chi connectivity index (χ0) is 11.5. The van der Waals surface area contributed by atoms with Crippen molar-refractivity contribution in [2.75, 3.05) is 26.8 Å². The Balaban J connectivity index is 2.40. The third-order valence-corrected chi connectivity index (χ3v) is 2.88. The Labute approximate surface area is 98.5 Å². The molecule has 0 bridgehead atoms. The van der Waals surface area contributed by atoms with E-state index in [2.05, 4.69) is 5.32 Å². The van der Waals surface area contributed by atoms with Gasteiger partial charge in [0, 0.05) is 18.7 Å². The maximum absolute atomic E-state index is 13.5. The second kappa shape index (κ2) is 4.99. The van der Waals surface area contributed by atoms with Crippen molar-refractivity contribution < 1.29 is 13.9 Å². The van der Waals surface area contributed by atoms with E-state index in [1.807, 2.05) is 0 Å². The topological polar surface area (TPSA) is 30.5 Å². The summed E-state index contributed by atoms with van der Waals surface area (Å²) in [5.74, 6) is -0.253. The summed E-state index contributed by atoms with van der Waals surface area (Å²) in [6.07, 6.45) is -0.258. The van der Waals surface area contributed by atoms with Crippen molar-refractivity contribution in [1.82, 2.24) is 5.32 Å². The van der Waals surface area contributed by atoms with E-state index in [0.29, 0.717) is 23.7 Å². The summed E-state index contributed by atoms with van der Waals surface area (Å²) in [5, 5.41) is 3.63. The van der Waals surface area contributed by atoms with Crippen LogP contribution in [0.4, 0.5) is 4.39 Å². The number of hydrogen-bond acceptors (Lipinski definition) is 3. The van der Waals surface area contributed by atoms with Crippen LogP contribution in [0.25, 0.3) is 0 Å². The Morgan fingerprint density at radius 2 is 2.38 bits per heavy atom. The van der Waals surface area contributed by atoms with Crippen LogP contribution in [-0.2, 0) is 4.74 Å². The Morgan fingerprint density at radius 1 is 1.56 bits per heavy atom. The molecular formula is C11H13ClFNO2. The van der Waals surface area contributed by atoms with Crippen molar-refractivity contribution in [3.05, 3.63) is 28.5 Å². The minimum atomic E-state index is -0.420. The molecule has 1 unspecified atom stereocenters. The van der Waals surface area contributed by atoms with Crippen molar-refractivity contribution in [2.45, 2.75) is 6.10 Å². The van der Waals surface area contributed by atoms with Gasteiger partial charge in [-0.3, -0.25) is 0 Å². The van der Waals surface area contributed by atoms with Crippen LogP contribution in [0, 0.1) is 5.82 Å². The molecule has 1 saturated heterocycles. The lowest BCUT2D eigenvalue weighted by Crippen LogP contribution is -2.33. The Bertz CT molecular complexity index is 380. The Morgan fingerprint density at radius 3 is 3.00 bits per heavy atom. The highest BCUT2D eigenvalue weighted by Crippen LogP contribution is 2.36. The van der Waals surface area contributed by atoms with Crippen LogP contribution in [0.15, 0.2) is 12.1 Å². The highest BCUT2D eigenvalue weighted by Gasteiger charge is 2.24. The molecule has 1 heterocycles. The van der Waals surface area contributed by atoms with Gasteiger partial charge < -0.3 is 14.8 Å². The number of hydrogen-bond donors (Lipinski definition) is 1. The first-order valence-electron chi connectivity index (χ1n) is 5.08. The van der Waals surface area contributed by atoms with Gasteiger partial charge in [-0.25, -0.2) is 4.39 Å². The molecule has 1 aromatic rings. The first kappa shape index (κ1) is 11.6. The number of rotatable bonds is 2. The normalized spacial score (nSPS) is 20.8. The summed E-state index contributed by atoms with van der Waals surface area (Å²) in [7, 11) is 1.43. The van der Waals surface area contributed by atoms with E-state index >= 15 is 0 Å². The zero-order valence-electron chi connectivity index (χ0n) is 8.93. The fraction of sp³-hybridized carbons (Fsp3) is 0.455. The molecule has 0 amide bonds. The van der Waals surface area contributed by atoms with Crippen molar-refractivity contribution in [2.24, 2.45) is 0 Å². The first-order chi connectivity index (χ1) is 7.74. The molecule has 0 spiro atoms. The number of halogens is 2. The molecule has 1 aliphatic heterocycles. The van der Waals surface area contributed by atoms with Gasteiger partial charge >= 0.3 is 0 Å². The lowest BCUT2D eigenvalue weighted by Gasteiger charge is -2.26. The van der Waals surface area contributed by atoms with Crippen LogP contribution in [0.3, 0.4) is 0 Å². The number of nitrogens with one attached hydrogen (secondary N) is 1. The number of benzene rings is 1. The molecule has 0 aliphatic carbocycles. The molecule has 0 radical (unpaired) electrons. The summed E-state index contributed by atoms with van der Waals surface area (Å²) in [6.45, 7) is 1.99. The standard InChI is InChI=1S/C11H13ClFNO2/c1-15-11-8(13)3-2-7(12)10(11)9-6-14-4-5-16-9/h2-3,9,14H,4-6H2,1H3. The van der Waals surface area contributed by atoms with Crippen LogP contribution < -0.4 is 10.1 Å². The second-order valence-electron chi connectivity index (χ2n) is 3.54. The quantitative estimate of drug-likeness (QED) is 0.866. The molecule has 5 heteroatoms. The summed E-state index contributed by atoms with van der Waals surface area (Å²) in [4.78, 5) is 0. The van der Waals surface area contributed by atoms with E-state index in [4.69, 9.17) is 21.1 Å². The highest BCUT2D eigenvalue weighted by atomic mass is 35.5. The number of morpholine rings is 1. The predicted octanol–water partition coefficient (Wildman–Crippen LogP) is 2.15. The molecule has 2 rings (SSSR count). The van der Waals surface area contributed by atoms with Gasteiger partial charge in [-0.1, -0.05) is 11.6 Å². The first-order valence-corrected chi connectivity index (χ1v) is 5.46. The van der Waals surface area contributed by atoms with Gasteiger partial charge in [-0.15, -0.1) is 0 Å². The van der Waals surface area contributed by atoms with Gasteiger partial charge in [-0.05, 0) is 12.1 Å².